The lowest BCUT2D eigenvalue weighted by atomic mass is 10.2. The molecule has 0 saturated carbocycles. The maximum absolute atomic E-state index is 11.9. The molecule has 0 spiro atoms. The Morgan fingerprint density at radius 3 is 2.65 bits per heavy atom. The normalized spacial score (nSPS) is 17.2. The third-order valence-corrected chi connectivity index (χ3v) is 6.51. The van der Waals surface area contributed by atoms with Gasteiger partial charge in [0, 0.05) is 30.2 Å². The molecule has 4 nitrogen and oxygen atoms in total. The molecule has 1 atom stereocenters. The van der Waals surface area contributed by atoms with Crippen molar-refractivity contribution in [2.24, 2.45) is 5.50 Å². The van der Waals surface area contributed by atoms with Gasteiger partial charge in [0.2, 0.25) is 5.12 Å². The molecular formula is C13H19N2O2PS2. The van der Waals surface area contributed by atoms with E-state index in [2.05, 4.69) is 0 Å². The zero-order chi connectivity index (χ0) is 14.2. The van der Waals surface area contributed by atoms with Crippen LogP contribution in [0.25, 0.3) is 0 Å². The fourth-order valence-electron chi connectivity index (χ4n) is 1.83. The largest absolute Gasteiger partial charge is 0.282 e. The second-order valence-corrected chi connectivity index (χ2v) is 8.66. The predicted octanol–water partition coefficient (Wildman–Crippen LogP) is 3.51. The Balaban J connectivity index is 1.58. The van der Waals surface area contributed by atoms with Crippen molar-refractivity contribution in [3.05, 3.63) is 35.9 Å². The molecule has 2 rings (SSSR count). The molecule has 1 fully saturated rings. The van der Waals surface area contributed by atoms with Crippen LogP contribution in [0.5, 0.6) is 0 Å². The van der Waals surface area contributed by atoms with Gasteiger partial charge in [-0.05, 0) is 12.8 Å². The minimum Gasteiger partial charge on any atom is -0.282 e. The van der Waals surface area contributed by atoms with Gasteiger partial charge in [-0.1, -0.05) is 53.5 Å². The van der Waals surface area contributed by atoms with Crippen molar-refractivity contribution in [1.82, 2.24) is 5.06 Å². The average Bonchev–Trinajstić information content (AvgIpc) is 2.97. The van der Waals surface area contributed by atoms with Crippen molar-refractivity contribution >= 4 is 35.8 Å². The summed E-state index contributed by atoms with van der Waals surface area (Å²) in [5.41, 5.74) is 6.71. The van der Waals surface area contributed by atoms with E-state index in [9.17, 15) is 4.79 Å². The summed E-state index contributed by atoms with van der Waals surface area (Å²) < 4.78 is 5.65. The van der Waals surface area contributed by atoms with Crippen molar-refractivity contribution in [3.8, 4) is 0 Å². The summed E-state index contributed by atoms with van der Waals surface area (Å²) in [5.74, 6) is 1.59. The number of hydroxylamine groups is 2. The first-order chi connectivity index (χ1) is 9.75. The summed E-state index contributed by atoms with van der Waals surface area (Å²) in [6.07, 6.45) is 2.38. The number of nitrogens with zero attached hydrogens (tertiary/aromatic N) is 1. The van der Waals surface area contributed by atoms with Crippen LogP contribution in [0, 0.1) is 0 Å². The molecule has 0 aliphatic carbocycles. The van der Waals surface area contributed by atoms with E-state index in [-0.39, 0.29) is 5.12 Å². The number of rotatable bonds is 7. The monoisotopic (exact) mass is 330 g/mol. The summed E-state index contributed by atoms with van der Waals surface area (Å²) in [5, 5.41) is 2.08. The summed E-state index contributed by atoms with van der Waals surface area (Å²) in [4.78, 5) is 11.9. The highest BCUT2D eigenvalue weighted by molar-refractivity contribution is 8.53. The Bertz CT molecular complexity index is 416. The smallest absolute Gasteiger partial charge is 0.219 e. The molecule has 1 unspecified atom stereocenters. The van der Waals surface area contributed by atoms with E-state index in [0.717, 1.165) is 30.2 Å². The SMILES string of the molecule is NP(ON1CCCC1)SCCSC(=O)c1ccccc1. The van der Waals surface area contributed by atoms with Crippen molar-refractivity contribution in [2.75, 3.05) is 24.6 Å². The second-order valence-electron chi connectivity index (χ2n) is 4.34. The van der Waals surface area contributed by atoms with Crippen LogP contribution in [-0.4, -0.2) is 34.8 Å². The molecule has 2 N–H and O–H groups in total. The van der Waals surface area contributed by atoms with E-state index in [1.54, 1.807) is 11.4 Å². The van der Waals surface area contributed by atoms with Crippen LogP contribution in [0.3, 0.4) is 0 Å². The zero-order valence-corrected chi connectivity index (χ0v) is 13.8. The minimum absolute atomic E-state index is 0.119. The molecular weight excluding hydrogens is 311 g/mol. The molecule has 7 heteroatoms. The van der Waals surface area contributed by atoms with E-state index in [1.165, 1.54) is 24.6 Å². The number of hydrogen-bond donors (Lipinski definition) is 1. The maximum Gasteiger partial charge on any atom is 0.219 e. The second kappa shape index (κ2) is 9.03. The molecule has 0 amide bonds. The quantitative estimate of drug-likeness (QED) is 0.610. The predicted molar refractivity (Wildman–Crippen MR) is 88.7 cm³/mol. The van der Waals surface area contributed by atoms with E-state index < -0.39 is 7.50 Å². The zero-order valence-electron chi connectivity index (χ0n) is 11.2. The van der Waals surface area contributed by atoms with E-state index in [1.807, 2.05) is 35.4 Å². The minimum atomic E-state index is -0.959. The summed E-state index contributed by atoms with van der Waals surface area (Å²) in [6.45, 7) is 1.97. The first-order valence-corrected chi connectivity index (χ1v) is 10.5. The van der Waals surface area contributed by atoms with Gasteiger partial charge in [-0.2, -0.15) is 5.06 Å². The van der Waals surface area contributed by atoms with E-state index in [4.69, 9.17) is 10.1 Å². The van der Waals surface area contributed by atoms with Crippen LogP contribution in [0.1, 0.15) is 23.2 Å². The number of thioether (sulfide) groups is 1. The number of hydrogen-bond acceptors (Lipinski definition) is 6. The van der Waals surface area contributed by atoms with Gasteiger partial charge in [0.05, 0.1) is 0 Å². The molecule has 20 heavy (non-hydrogen) atoms. The van der Waals surface area contributed by atoms with Crippen molar-refractivity contribution in [3.63, 3.8) is 0 Å². The van der Waals surface area contributed by atoms with Gasteiger partial charge >= 0.3 is 0 Å². The number of carbonyl (C=O) groups excluding carboxylic acids is 1. The number of carbonyl (C=O) groups is 1. The molecule has 1 heterocycles. The Hall–Kier alpha value is -0.100. The topological polar surface area (TPSA) is 55.6 Å². The maximum atomic E-state index is 11.9. The van der Waals surface area contributed by atoms with E-state index in [0.29, 0.717) is 0 Å². The molecule has 1 saturated heterocycles. The molecule has 0 bridgehead atoms. The Labute approximate surface area is 129 Å². The fourth-order valence-corrected chi connectivity index (χ4v) is 5.20. The lowest BCUT2D eigenvalue weighted by Crippen LogP contribution is -2.17. The van der Waals surface area contributed by atoms with Gasteiger partial charge in [0.1, 0.15) is 0 Å². The van der Waals surface area contributed by atoms with Crippen molar-refractivity contribution < 1.29 is 9.42 Å². The Morgan fingerprint density at radius 1 is 1.25 bits per heavy atom. The number of nitrogens with two attached hydrogens (primary N) is 1. The highest BCUT2D eigenvalue weighted by Gasteiger charge is 2.16. The third kappa shape index (κ3) is 5.72. The van der Waals surface area contributed by atoms with Crippen LogP contribution in [0.4, 0.5) is 0 Å². The van der Waals surface area contributed by atoms with Crippen LogP contribution in [0.15, 0.2) is 30.3 Å². The Kier molecular flexibility index (Phi) is 7.35. The summed E-state index contributed by atoms with van der Waals surface area (Å²) in [6, 6.07) is 9.36. The fraction of sp³-hybridized carbons (Fsp3) is 0.462. The molecule has 1 aliphatic rings. The van der Waals surface area contributed by atoms with Crippen molar-refractivity contribution in [1.29, 1.82) is 0 Å². The lowest BCUT2D eigenvalue weighted by Gasteiger charge is -2.18. The lowest BCUT2D eigenvalue weighted by molar-refractivity contribution is -0.0190. The first-order valence-electron chi connectivity index (χ1n) is 6.58. The van der Waals surface area contributed by atoms with Gasteiger partial charge in [0.15, 0.2) is 7.50 Å². The summed E-state index contributed by atoms with van der Waals surface area (Å²) in [7, 11) is -0.959. The highest BCUT2D eigenvalue weighted by atomic mass is 32.7. The molecule has 1 aliphatic heterocycles. The van der Waals surface area contributed by atoms with E-state index >= 15 is 0 Å². The van der Waals surface area contributed by atoms with Crippen LogP contribution >= 0.6 is 30.6 Å². The molecule has 1 aromatic carbocycles. The Morgan fingerprint density at radius 2 is 1.95 bits per heavy atom. The average molecular weight is 330 g/mol. The summed E-state index contributed by atoms with van der Waals surface area (Å²) >= 11 is 2.95. The standard InChI is InChI=1S/C13H19N2O2PS2/c14-18(17-15-8-4-5-9-15)20-11-10-19-13(16)12-6-2-1-3-7-12/h1-3,6-7H,4-5,8-11,14H2. The van der Waals surface area contributed by atoms with Gasteiger partial charge in [-0.3, -0.25) is 10.3 Å². The van der Waals surface area contributed by atoms with Crippen LogP contribution < -0.4 is 5.50 Å². The van der Waals surface area contributed by atoms with Crippen molar-refractivity contribution in [2.45, 2.75) is 12.8 Å². The molecule has 0 aromatic heterocycles. The molecule has 110 valence electrons. The van der Waals surface area contributed by atoms with Gasteiger partial charge in [-0.25, -0.2) is 4.62 Å². The number of benzene rings is 1. The van der Waals surface area contributed by atoms with Crippen LogP contribution in [0.2, 0.25) is 0 Å². The van der Waals surface area contributed by atoms with Crippen LogP contribution in [-0.2, 0) is 4.62 Å². The van der Waals surface area contributed by atoms with Gasteiger partial charge in [0.25, 0.3) is 0 Å². The highest BCUT2D eigenvalue weighted by Crippen LogP contribution is 2.44. The third-order valence-electron chi connectivity index (χ3n) is 2.81. The molecule has 0 radical (unpaired) electrons. The molecule has 1 aromatic rings. The van der Waals surface area contributed by atoms with Gasteiger partial charge in [-0.15, -0.1) is 0 Å². The van der Waals surface area contributed by atoms with Gasteiger partial charge < -0.3 is 0 Å². The first kappa shape index (κ1) is 16.3.